The second kappa shape index (κ2) is 5.58. The summed E-state index contributed by atoms with van der Waals surface area (Å²) in [7, 11) is 0. The monoisotopic (exact) mass is 320 g/mol. The Balaban J connectivity index is 1.70. The molecular formula is C16H14Cl2N2O. The molecule has 1 saturated carbocycles. The number of anilines is 1. The molecule has 2 aromatic carbocycles. The van der Waals surface area contributed by atoms with Gasteiger partial charge in [-0.3, -0.25) is 0 Å². The molecule has 3 nitrogen and oxygen atoms in total. The van der Waals surface area contributed by atoms with E-state index in [0.717, 1.165) is 18.4 Å². The molecule has 2 N–H and O–H groups in total. The minimum atomic E-state index is -0.282. The maximum atomic E-state index is 12.2. The van der Waals surface area contributed by atoms with Crippen molar-refractivity contribution in [3.63, 3.8) is 0 Å². The van der Waals surface area contributed by atoms with E-state index in [-0.39, 0.29) is 11.6 Å². The predicted octanol–water partition coefficient (Wildman–Crippen LogP) is 4.80. The zero-order chi connectivity index (χ0) is 14.9. The van der Waals surface area contributed by atoms with Crippen LogP contribution in [-0.4, -0.2) is 6.03 Å². The highest BCUT2D eigenvalue weighted by Crippen LogP contribution is 2.45. The fourth-order valence-electron chi connectivity index (χ4n) is 2.31. The van der Waals surface area contributed by atoms with Gasteiger partial charge in [0.15, 0.2) is 0 Å². The van der Waals surface area contributed by atoms with Gasteiger partial charge in [0.2, 0.25) is 0 Å². The molecule has 5 heteroatoms. The first-order chi connectivity index (χ1) is 10.1. The smallest absolute Gasteiger partial charge is 0.319 e. The second-order valence-corrected chi connectivity index (χ2v) is 5.99. The first-order valence-electron chi connectivity index (χ1n) is 6.69. The third-order valence-corrected chi connectivity index (χ3v) is 4.20. The molecule has 0 unspecified atom stereocenters. The van der Waals surface area contributed by atoms with Crippen LogP contribution in [0, 0.1) is 0 Å². The van der Waals surface area contributed by atoms with Gasteiger partial charge < -0.3 is 10.6 Å². The number of hydrogen-bond acceptors (Lipinski definition) is 1. The van der Waals surface area contributed by atoms with E-state index in [4.69, 9.17) is 23.2 Å². The van der Waals surface area contributed by atoms with Crippen LogP contribution in [0.25, 0.3) is 0 Å². The summed E-state index contributed by atoms with van der Waals surface area (Å²) in [4.78, 5) is 12.2. The predicted molar refractivity (Wildman–Crippen MR) is 86.0 cm³/mol. The molecule has 3 rings (SSSR count). The van der Waals surface area contributed by atoms with Gasteiger partial charge in [-0.15, -0.1) is 0 Å². The van der Waals surface area contributed by atoms with Gasteiger partial charge in [0.25, 0.3) is 0 Å². The summed E-state index contributed by atoms with van der Waals surface area (Å²) in [5, 5.41) is 7.01. The van der Waals surface area contributed by atoms with Crippen molar-refractivity contribution in [1.29, 1.82) is 0 Å². The fraction of sp³-hybridized carbons (Fsp3) is 0.188. The quantitative estimate of drug-likeness (QED) is 0.837. The second-order valence-electron chi connectivity index (χ2n) is 5.15. The van der Waals surface area contributed by atoms with Crippen LogP contribution in [-0.2, 0) is 5.54 Å². The van der Waals surface area contributed by atoms with Crippen LogP contribution in [0.5, 0.6) is 0 Å². The van der Waals surface area contributed by atoms with Gasteiger partial charge in [-0.1, -0.05) is 47.5 Å². The molecule has 1 fully saturated rings. The number of amides is 2. The Bertz CT molecular complexity index is 666. The zero-order valence-electron chi connectivity index (χ0n) is 11.2. The van der Waals surface area contributed by atoms with Crippen molar-refractivity contribution in [2.45, 2.75) is 18.4 Å². The topological polar surface area (TPSA) is 41.1 Å². The summed E-state index contributed by atoms with van der Waals surface area (Å²) >= 11 is 11.9. The lowest BCUT2D eigenvalue weighted by Gasteiger charge is -2.19. The van der Waals surface area contributed by atoms with Gasteiger partial charge in [0.05, 0.1) is 16.2 Å². The maximum absolute atomic E-state index is 12.2. The van der Waals surface area contributed by atoms with Crippen molar-refractivity contribution in [2.75, 3.05) is 5.32 Å². The average molecular weight is 321 g/mol. The molecule has 0 spiro atoms. The van der Waals surface area contributed by atoms with E-state index in [1.165, 1.54) is 0 Å². The zero-order valence-corrected chi connectivity index (χ0v) is 12.7. The van der Waals surface area contributed by atoms with Gasteiger partial charge >= 0.3 is 6.03 Å². The Morgan fingerprint density at radius 1 is 1.00 bits per heavy atom. The number of para-hydroxylation sites is 1. The Kier molecular flexibility index (Phi) is 3.79. The molecule has 0 aliphatic heterocycles. The van der Waals surface area contributed by atoms with E-state index in [0.29, 0.717) is 15.7 Å². The van der Waals surface area contributed by atoms with Crippen LogP contribution in [0.4, 0.5) is 10.5 Å². The number of rotatable bonds is 3. The molecule has 0 saturated heterocycles. The molecule has 0 aromatic heterocycles. The summed E-state index contributed by atoms with van der Waals surface area (Å²) in [5.74, 6) is 0. The minimum absolute atomic E-state index is 0.254. The summed E-state index contributed by atoms with van der Waals surface area (Å²) in [5.41, 5.74) is 1.39. The highest BCUT2D eigenvalue weighted by atomic mass is 35.5. The van der Waals surface area contributed by atoms with Crippen molar-refractivity contribution in [2.24, 2.45) is 0 Å². The van der Waals surface area contributed by atoms with E-state index in [2.05, 4.69) is 10.6 Å². The van der Waals surface area contributed by atoms with Gasteiger partial charge in [0, 0.05) is 5.02 Å². The standard InChI is InChI=1S/C16H14Cl2N2O/c17-12-7-5-11(6-8-12)16(9-10-16)20-15(21)19-14-4-2-1-3-13(14)18/h1-8H,9-10H2,(H2,19,20,21). The molecule has 0 atom stereocenters. The largest absolute Gasteiger partial charge is 0.328 e. The molecule has 0 radical (unpaired) electrons. The Morgan fingerprint density at radius 3 is 2.29 bits per heavy atom. The highest BCUT2D eigenvalue weighted by molar-refractivity contribution is 6.33. The number of urea groups is 1. The molecule has 2 aromatic rings. The van der Waals surface area contributed by atoms with Crippen molar-refractivity contribution < 1.29 is 4.79 Å². The van der Waals surface area contributed by atoms with Crippen LogP contribution in [0.3, 0.4) is 0 Å². The Morgan fingerprint density at radius 2 is 1.67 bits per heavy atom. The van der Waals surface area contributed by atoms with Crippen molar-refractivity contribution in [1.82, 2.24) is 5.32 Å². The van der Waals surface area contributed by atoms with E-state index in [1.54, 1.807) is 12.1 Å². The molecular weight excluding hydrogens is 307 g/mol. The Hall–Kier alpha value is -1.71. The lowest BCUT2D eigenvalue weighted by atomic mass is 10.1. The van der Waals surface area contributed by atoms with Crippen molar-refractivity contribution in [3.05, 3.63) is 64.1 Å². The van der Waals surface area contributed by atoms with E-state index < -0.39 is 0 Å². The molecule has 2 amide bonds. The fourth-order valence-corrected chi connectivity index (χ4v) is 2.62. The Labute approximate surface area is 133 Å². The SMILES string of the molecule is O=C(Nc1ccccc1Cl)NC1(c2ccc(Cl)cc2)CC1. The van der Waals surface area contributed by atoms with Gasteiger partial charge in [-0.25, -0.2) is 4.79 Å². The van der Waals surface area contributed by atoms with Gasteiger partial charge in [-0.2, -0.15) is 0 Å². The van der Waals surface area contributed by atoms with Crippen molar-refractivity contribution in [3.8, 4) is 0 Å². The normalized spacial score (nSPS) is 15.3. The van der Waals surface area contributed by atoms with Crippen LogP contribution >= 0.6 is 23.2 Å². The third-order valence-electron chi connectivity index (χ3n) is 3.62. The molecule has 1 aliphatic carbocycles. The minimum Gasteiger partial charge on any atom is -0.328 e. The summed E-state index contributed by atoms with van der Waals surface area (Å²) in [6.45, 7) is 0. The third kappa shape index (κ3) is 3.14. The molecule has 0 bridgehead atoms. The molecule has 108 valence electrons. The average Bonchev–Trinajstić information content (AvgIpc) is 3.23. The maximum Gasteiger partial charge on any atom is 0.319 e. The summed E-state index contributed by atoms with van der Waals surface area (Å²) in [6, 6.07) is 14.5. The lowest BCUT2D eigenvalue weighted by molar-refractivity contribution is 0.247. The van der Waals surface area contributed by atoms with E-state index in [9.17, 15) is 4.79 Å². The summed E-state index contributed by atoms with van der Waals surface area (Å²) < 4.78 is 0. The number of halogens is 2. The highest BCUT2D eigenvalue weighted by Gasteiger charge is 2.45. The van der Waals surface area contributed by atoms with Crippen LogP contribution in [0.2, 0.25) is 10.0 Å². The van der Waals surface area contributed by atoms with Crippen LogP contribution < -0.4 is 10.6 Å². The first kappa shape index (κ1) is 14.2. The number of hydrogen-bond donors (Lipinski definition) is 2. The number of carbonyl (C=O) groups is 1. The first-order valence-corrected chi connectivity index (χ1v) is 7.44. The van der Waals surface area contributed by atoms with Crippen LogP contribution in [0.1, 0.15) is 18.4 Å². The van der Waals surface area contributed by atoms with Gasteiger partial charge in [0.1, 0.15) is 0 Å². The van der Waals surface area contributed by atoms with E-state index >= 15 is 0 Å². The number of benzene rings is 2. The molecule has 21 heavy (non-hydrogen) atoms. The van der Waals surface area contributed by atoms with Crippen LogP contribution in [0.15, 0.2) is 48.5 Å². The summed E-state index contributed by atoms with van der Waals surface area (Å²) in [6.07, 6.45) is 1.84. The van der Waals surface area contributed by atoms with E-state index in [1.807, 2.05) is 36.4 Å². The number of nitrogens with one attached hydrogen (secondary N) is 2. The molecule has 0 heterocycles. The van der Waals surface area contributed by atoms with Crippen molar-refractivity contribution >= 4 is 34.9 Å². The lowest BCUT2D eigenvalue weighted by Crippen LogP contribution is -2.38. The molecule has 1 aliphatic rings. The van der Waals surface area contributed by atoms with Gasteiger partial charge in [-0.05, 0) is 42.7 Å². The number of carbonyl (C=O) groups excluding carboxylic acids is 1.